The van der Waals surface area contributed by atoms with Gasteiger partial charge in [-0.2, -0.15) is 0 Å². The largest absolute Gasteiger partial charge is 0.383 e. The molecule has 0 aliphatic rings. The maximum absolute atomic E-state index is 12.0. The van der Waals surface area contributed by atoms with Crippen molar-refractivity contribution in [3.8, 4) is 0 Å². The average Bonchev–Trinajstić information content (AvgIpc) is 2.78. The fourth-order valence-electron chi connectivity index (χ4n) is 1.90. The summed E-state index contributed by atoms with van der Waals surface area (Å²) in [4.78, 5) is 15.9. The highest BCUT2D eigenvalue weighted by Crippen LogP contribution is 2.12. The Balaban J connectivity index is 1.69. The Kier molecular flexibility index (Phi) is 3.39. The lowest BCUT2D eigenvalue weighted by Crippen LogP contribution is -2.24. The number of hydrogen-bond acceptors (Lipinski definition) is 4. The zero-order valence-electron chi connectivity index (χ0n) is 10.5. The van der Waals surface area contributed by atoms with Gasteiger partial charge in [0.25, 0.3) is 0 Å². The molecule has 3 rings (SSSR count). The van der Waals surface area contributed by atoms with E-state index in [1.54, 1.807) is 18.6 Å². The van der Waals surface area contributed by atoms with Gasteiger partial charge in [-0.25, -0.2) is 13.9 Å². The van der Waals surface area contributed by atoms with E-state index >= 15 is 0 Å². The van der Waals surface area contributed by atoms with Gasteiger partial charge in [-0.05, 0) is 24.3 Å². The number of rotatable bonds is 4. The van der Waals surface area contributed by atoms with Crippen molar-refractivity contribution in [2.75, 3.05) is 11.9 Å². The first-order chi connectivity index (χ1) is 9.74. The molecule has 0 amide bonds. The monoisotopic (exact) mass is 289 g/mol. The van der Waals surface area contributed by atoms with E-state index in [1.807, 2.05) is 24.3 Å². The van der Waals surface area contributed by atoms with E-state index in [9.17, 15) is 4.79 Å². The molecule has 0 radical (unpaired) electrons. The Morgan fingerprint density at radius 3 is 2.80 bits per heavy atom. The lowest BCUT2D eigenvalue weighted by Gasteiger charge is -2.05. The molecule has 7 heteroatoms. The van der Waals surface area contributed by atoms with Gasteiger partial charge in [0.05, 0.1) is 12.7 Å². The van der Waals surface area contributed by atoms with Crippen molar-refractivity contribution in [3.63, 3.8) is 0 Å². The summed E-state index contributed by atoms with van der Waals surface area (Å²) >= 11 is 5.82. The molecule has 0 spiro atoms. The fraction of sp³-hybridized carbons (Fsp3) is 0.154. The van der Waals surface area contributed by atoms with Crippen LogP contribution in [0.5, 0.6) is 0 Å². The minimum Gasteiger partial charge on any atom is -0.383 e. The Morgan fingerprint density at radius 2 is 2.05 bits per heavy atom. The highest BCUT2D eigenvalue weighted by atomic mass is 35.5. The number of nitrogens with one attached hydrogen (secondary N) is 1. The number of aromatic nitrogens is 4. The number of halogens is 1. The van der Waals surface area contributed by atoms with Crippen molar-refractivity contribution in [2.24, 2.45) is 0 Å². The number of benzene rings is 1. The topological polar surface area (TPSA) is 64.2 Å². The van der Waals surface area contributed by atoms with Crippen LogP contribution in [0.3, 0.4) is 0 Å². The van der Waals surface area contributed by atoms with E-state index < -0.39 is 0 Å². The maximum atomic E-state index is 12.0. The lowest BCUT2D eigenvalue weighted by atomic mass is 10.3. The molecule has 0 saturated heterocycles. The molecular weight excluding hydrogens is 278 g/mol. The smallest absolute Gasteiger partial charge is 0.350 e. The molecule has 102 valence electrons. The highest BCUT2D eigenvalue weighted by Gasteiger charge is 2.05. The second-order valence-corrected chi connectivity index (χ2v) is 4.68. The van der Waals surface area contributed by atoms with Crippen LogP contribution in [0.1, 0.15) is 0 Å². The molecule has 1 N–H and O–H groups in total. The van der Waals surface area contributed by atoms with Gasteiger partial charge in [-0.15, -0.1) is 5.10 Å². The normalized spacial score (nSPS) is 10.8. The van der Waals surface area contributed by atoms with E-state index in [0.29, 0.717) is 23.8 Å². The zero-order valence-corrected chi connectivity index (χ0v) is 11.3. The van der Waals surface area contributed by atoms with Gasteiger partial charge < -0.3 is 5.32 Å². The molecule has 2 heterocycles. The van der Waals surface area contributed by atoms with Gasteiger partial charge in [0, 0.05) is 29.6 Å². The molecular formula is C13H12ClN5O. The minimum absolute atomic E-state index is 0.166. The Morgan fingerprint density at radius 1 is 1.25 bits per heavy atom. The third kappa shape index (κ3) is 2.50. The molecule has 0 atom stereocenters. The summed E-state index contributed by atoms with van der Waals surface area (Å²) in [5, 5.41) is 8.10. The number of hydrogen-bond donors (Lipinski definition) is 1. The Labute approximate surface area is 119 Å². The van der Waals surface area contributed by atoms with Crippen molar-refractivity contribution >= 4 is 22.9 Å². The zero-order chi connectivity index (χ0) is 13.9. The molecule has 1 aromatic carbocycles. The van der Waals surface area contributed by atoms with Crippen LogP contribution in [0.25, 0.3) is 5.65 Å². The lowest BCUT2D eigenvalue weighted by molar-refractivity contribution is 0.614. The van der Waals surface area contributed by atoms with Crippen LogP contribution in [0.15, 0.2) is 47.7 Å². The van der Waals surface area contributed by atoms with E-state index in [0.717, 1.165) is 5.69 Å². The summed E-state index contributed by atoms with van der Waals surface area (Å²) in [5.74, 6) is 0. The summed E-state index contributed by atoms with van der Waals surface area (Å²) < 4.78 is 2.88. The number of nitrogens with zero attached hydrogens (tertiary/aromatic N) is 4. The predicted octanol–water partition coefficient (Wildman–Crippen LogP) is 1.66. The number of fused-ring (bicyclic) bond motifs is 1. The van der Waals surface area contributed by atoms with Crippen molar-refractivity contribution in [1.82, 2.24) is 19.2 Å². The molecule has 20 heavy (non-hydrogen) atoms. The first kappa shape index (κ1) is 12.7. The summed E-state index contributed by atoms with van der Waals surface area (Å²) in [6.45, 7) is 1.07. The van der Waals surface area contributed by atoms with Crippen LogP contribution in [-0.2, 0) is 6.54 Å². The molecule has 0 aliphatic carbocycles. The van der Waals surface area contributed by atoms with Crippen LogP contribution < -0.4 is 11.0 Å². The van der Waals surface area contributed by atoms with E-state index in [4.69, 9.17) is 11.6 Å². The molecule has 0 saturated carbocycles. The first-order valence-corrected chi connectivity index (χ1v) is 6.50. The van der Waals surface area contributed by atoms with Crippen LogP contribution in [0.2, 0.25) is 5.02 Å². The third-order valence-corrected chi connectivity index (χ3v) is 3.14. The van der Waals surface area contributed by atoms with Gasteiger partial charge in [-0.3, -0.25) is 4.98 Å². The van der Waals surface area contributed by atoms with Crippen LogP contribution in [-0.4, -0.2) is 25.7 Å². The standard InChI is InChI=1S/C13H12ClN5O/c14-10-1-3-11(4-2-10)16-6-8-19-13(20)18-7-5-15-9-12(18)17-19/h1-5,7,9,16H,6,8H2. The summed E-state index contributed by atoms with van der Waals surface area (Å²) in [6, 6.07) is 7.40. The molecule has 0 aliphatic heterocycles. The quantitative estimate of drug-likeness (QED) is 0.793. The Bertz CT molecular complexity index is 777. The van der Waals surface area contributed by atoms with Gasteiger partial charge in [-0.1, -0.05) is 11.6 Å². The second kappa shape index (κ2) is 5.34. The minimum atomic E-state index is -0.166. The third-order valence-electron chi connectivity index (χ3n) is 2.89. The van der Waals surface area contributed by atoms with Crippen molar-refractivity contribution < 1.29 is 0 Å². The maximum Gasteiger partial charge on any atom is 0.350 e. The van der Waals surface area contributed by atoms with Gasteiger partial charge in [0.15, 0.2) is 5.65 Å². The second-order valence-electron chi connectivity index (χ2n) is 4.24. The van der Waals surface area contributed by atoms with Crippen LogP contribution >= 0.6 is 11.6 Å². The predicted molar refractivity (Wildman–Crippen MR) is 77.2 cm³/mol. The van der Waals surface area contributed by atoms with Gasteiger partial charge >= 0.3 is 5.69 Å². The molecule has 3 aromatic rings. The molecule has 0 bridgehead atoms. The first-order valence-electron chi connectivity index (χ1n) is 6.13. The Hall–Kier alpha value is -2.34. The number of anilines is 1. The summed E-state index contributed by atoms with van der Waals surface area (Å²) in [7, 11) is 0. The summed E-state index contributed by atoms with van der Waals surface area (Å²) in [5.41, 5.74) is 1.33. The van der Waals surface area contributed by atoms with E-state index in [1.165, 1.54) is 9.08 Å². The van der Waals surface area contributed by atoms with Gasteiger partial charge in [0.1, 0.15) is 0 Å². The fourth-order valence-corrected chi connectivity index (χ4v) is 2.03. The summed E-state index contributed by atoms with van der Waals surface area (Å²) in [6.07, 6.45) is 4.73. The highest BCUT2D eigenvalue weighted by molar-refractivity contribution is 6.30. The van der Waals surface area contributed by atoms with Crippen molar-refractivity contribution in [2.45, 2.75) is 6.54 Å². The van der Waals surface area contributed by atoms with Crippen molar-refractivity contribution in [1.29, 1.82) is 0 Å². The van der Waals surface area contributed by atoms with E-state index in [-0.39, 0.29) is 5.69 Å². The van der Waals surface area contributed by atoms with Crippen molar-refractivity contribution in [3.05, 3.63) is 58.4 Å². The molecule has 0 unspecified atom stereocenters. The molecule has 0 fully saturated rings. The van der Waals surface area contributed by atoms with Gasteiger partial charge in [0.2, 0.25) is 0 Å². The molecule has 2 aromatic heterocycles. The average molecular weight is 290 g/mol. The molecule has 6 nitrogen and oxygen atoms in total. The van der Waals surface area contributed by atoms with Crippen LogP contribution in [0, 0.1) is 0 Å². The SMILES string of the molecule is O=c1n(CCNc2ccc(Cl)cc2)nc2cnccn12. The van der Waals surface area contributed by atoms with E-state index in [2.05, 4.69) is 15.4 Å². The van der Waals surface area contributed by atoms with Crippen LogP contribution in [0.4, 0.5) is 5.69 Å².